The molecule has 2 aliphatic rings. The maximum atomic E-state index is 6.17. The van der Waals surface area contributed by atoms with E-state index in [-0.39, 0.29) is 5.60 Å². The fourth-order valence-corrected chi connectivity index (χ4v) is 3.99. The molecule has 2 heterocycles. The Bertz CT molecular complexity index is 395. The zero-order valence-corrected chi connectivity index (χ0v) is 12.6. The van der Waals surface area contributed by atoms with Crippen LogP contribution in [-0.4, -0.2) is 18.8 Å². The van der Waals surface area contributed by atoms with E-state index >= 15 is 0 Å². The lowest BCUT2D eigenvalue weighted by Crippen LogP contribution is -2.42. The second-order valence-electron chi connectivity index (χ2n) is 6.44. The first-order chi connectivity index (χ1) is 9.83. The first-order valence-corrected chi connectivity index (χ1v) is 8.24. The van der Waals surface area contributed by atoms with Crippen molar-refractivity contribution in [2.24, 2.45) is 5.92 Å². The smallest absolute Gasteiger partial charge is 0.120 e. The Morgan fingerprint density at radius 2 is 2.25 bits per heavy atom. The standard InChI is InChI=1S/C17H27NO2/c1-2-10-18-16(15-6-5-11-19-15)14-7-12-20-17(13-14)8-3-4-9-17/h5-6,11,14,16,18H,2-4,7-10,12-13H2,1H3. The second kappa shape index (κ2) is 6.31. The summed E-state index contributed by atoms with van der Waals surface area (Å²) in [7, 11) is 0. The highest BCUT2D eigenvalue weighted by Crippen LogP contribution is 2.45. The third kappa shape index (κ3) is 2.94. The minimum absolute atomic E-state index is 0.182. The topological polar surface area (TPSA) is 34.4 Å². The predicted octanol–water partition coefficient (Wildman–Crippen LogP) is 4.06. The first-order valence-electron chi connectivity index (χ1n) is 8.24. The normalized spacial score (nSPS) is 26.9. The van der Waals surface area contributed by atoms with Gasteiger partial charge in [0.2, 0.25) is 0 Å². The van der Waals surface area contributed by atoms with E-state index in [4.69, 9.17) is 9.15 Å². The number of nitrogens with one attached hydrogen (secondary N) is 1. The van der Waals surface area contributed by atoms with Gasteiger partial charge in [0, 0.05) is 6.61 Å². The SMILES string of the molecule is CCCNC(c1ccco1)C1CCOC2(CCCC2)C1. The molecule has 2 atom stereocenters. The van der Waals surface area contributed by atoms with Gasteiger partial charge in [-0.05, 0) is 56.7 Å². The third-order valence-corrected chi connectivity index (χ3v) is 4.98. The Balaban J connectivity index is 1.72. The zero-order chi connectivity index (χ0) is 13.8. The summed E-state index contributed by atoms with van der Waals surface area (Å²) >= 11 is 0. The molecular weight excluding hydrogens is 250 g/mol. The van der Waals surface area contributed by atoms with E-state index in [2.05, 4.69) is 18.3 Å². The third-order valence-electron chi connectivity index (χ3n) is 4.98. The van der Waals surface area contributed by atoms with Crippen LogP contribution in [0.1, 0.15) is 63.7 Å². The molecule has 1 saturated heterocycles. The summed E-state index contributed by atoms with van der Waals surface area (Å²) < 4.78 is 11.9. The molecule has 0 amide bonds. The minimum atomic E-state index is 0.182. The Morgan fingerprint density at radius 1 is 1.40 bits per heavy atom. The summed E-state index contributed by atoms with van der Waals surface area (Å²) in [5.41, 5.74) is 0.182. The van der Waals surface area contributed by atoms with Crippen LogP contribution in [0, 0.1) is 5.92 Å². The zero-order valence-electron chi connectivity index (χ0n) is 12.6. The van der Waals surface area contributed by atoms with Gasteiger partial charge < -0.3 is 14.5 Å². The molecule has 20 heavy (non-hydrogen) atoms. The molecule has 0 bridgehead atoms. The summed E-state index contributed by atoms with van der Waals surface area (Å²) in [6, 6.07) is 4.47. The van der Waals surface area contributed by atoms with Crippen molar-refractivity contribution in [3.05, 3.63) is 24.2 Å². The molecule has 1 aliphatic carbocycles. The molecule has 1 N–H and O–H groups in total. The van der Waals surface area contributed by atoms with E-state index in [9.17, 15) is 0 Å². The summed E-state index contributed by atoms with van der Waals surface area (Å²) in [5.74, 6) is 1.73. The largest absolute Gasteiger partial charge is 0.468 e. The maximum Gasteiger partial charge on any atom is 0.120 e. The molecule has 3 rings (SSSR count). The Kier molecular flexibility index (Phi) is 4.47. The number of hydrogen-bond acceptors (Lipinski definition) is 3. The number of ether oxygens (including phenoxy) is 1. The summed E-state index contributed by atoms with van der Waals surface area (Å²) in [4.78, 5) is 0. The van der Waals surface area contributed by atoms with E-state index in [1.807, 2.05) is 6.07 Å². The monoisotopic (exact) mass is 277 g/mol. The maximum absolute atomic E-state index is 6.17. The molecule has 2 fully saturated rings. The average Bonchev–Trinajstić information content (AvgIpc) is 3.12. The summed E-state index contributed by atoms with van der Waals surface area (Å²) in [5, 5.41) is 3.70. The molecule has 1 aromatic rings. The first kappa shape index (κ1) is 14.2. The molecule has 0 radical (unpaired) electrons. The van der Waals surface area contributed by atoms with Crippen LogP contribution >= 0.6 is 0 Å². The van der Waals surface area contributed by atoms with Crippen molar-refractivity contribution >= 4 is 0 Å². The van der Waals surface area contributed by atoms with Crippen LogP contribution in [-0.2, 0) is 4.74 Å². The van der Waals surface area contributed by atoms with Crippen molar-refractivity contribution in [1.82, 2.24) is 5.32 Å². The molecule has 1 aliphatic heterocycles. The van der Waals surface area contributed by atoms with Gasteiger partial charge in [-0.25, -0.2) is 0 Å². The average molecular weight is 277 g/mol. The fourth-order valence-electron chi connectivity index (χ4n) is 3.99. The van der Waals surface area contributed by atoms with Crippen LogP contribution in [0.5, 0.6) is 0 Å². The van der Waals surface area contributed by atoms with Crippen LogP contribution in [0.25, 0.3) is 0 Å². The summed E-state index contributed by atoms with van der Waals surface area (Å²) in [6.07, 6.45) is 10.5. The molecular formula is C17H27NO2. The van der Waals surface area contributed by atoms with Crippen molar-refractivity contribution in [2.75, 3.05) is 13.2 Å². The molecule has 2 unspecified atom stereocenters. The molecule has 112 valence electrons. The van der Waals surface area contributed by atoms with Crippen molar-refractivity contribution < 1.29 is 9.15 Å². The van der Waals surface area contributed by atoms with E-state index in [1.165, 1.54) is 32.1 Å². The second-order valence-corrected chi connectivity index (χ2v) is 6.44. The summed E-state index contributed by atoms with van der Waals surface area (Å²) in [6.45, 7) is 4.18. The van der Waals surface area contributed by atoms with Gasteiger partial charge in [0.1, 0.15) is 5.76 Å². The van der Waals surface area contributed by atoms with Gasteiger partial charge in [0.05, 0.1) is 17.9 Å². The van der Waals surface area contributed by atoms with Crippen LogP contribution < -0.4 is 5.32 Å². The molecule has 1 saturated carbocycles. The van der Waals surface area contributed by atoms with Crippen LogP contribution in [0.4, 0.5) is 0 Å². The van der Waals surface area contributed by atoms with Gasteiger partial charge in [-0.3, -0.25) is 0 Å². The van der Waals surface area contributed by atoms with E-state index in [0.717, 1.165) is 31.8 Å². The molecule has 1 spiro atoms. The molecule has 1 aromatic heterocycles. The van der Waals surface area contributed by atoms with Crippen molar-refractivity contribution in [3.8, 4) is 0 Å². The molecule has 3 heteroatoms. The minimum Gasteiger partial charge on any atom is -0.468 e. The van der Waals surface area contributed by atoms with Gasteiger partial charge >= 0.3 is 0 Å². The fraction of sp³-hybridized carbons (Fsp3) is 0.765. The quantitative estimate of drug-likeness (QED) is 0.881. The Morgan fingerprint density at radius 3 is 2.95 bits per heavy atom. The molecule has 3 nitrogen and oxygen atoms in total. The van der Waals surface area contributed by atoms with Gasteiger partial charge in [-0.1, -0.05) is 19.8 Å². The lowest BCUT2D eigenvalue weighted by atomic mass is 9.80. The van der Waals surface area contributed by atoms with Gasteiger partial charge in [-0.15, -0.1) is 0 Å². The predicted molar refractivity (Wildman–Crippen MR) is 79.6 cm³/mol. The van der Waals surface area contributed by atoms with Crippen molar-refractivity contribution in [1.29, 1.82) is 0 Å². The highest BCUT2D eigenvalue weighted by molar-refractivity contribution is 5.08. The van der Waals surface area contributed by atoms with Crippen LogP contribution in [0.15, 0.2) is 22.8 Å². The van der Waals surface area contributed by atoms with Crippen molar-refractivity contribution in [2.45, 2.75) is 63.5 Å². The van der Waals surface area contributed by atoms with E-state index in [1.54, 1.807) is 6.26 Å². The van der Waals surface area contributed by atoms with Gasteiger partial charge in [0.15, 0.2) is 0 Å². The van der Waals surface area contributed by atoms with Gasteiger partial charge in [-0.2, -0.15) is 0 Å². The van der Waals surface area contributed by atoms with E-state index < -0.39 is 0 Å². The van der Waals surface area contributed by atoms with Crippen LogP contribution in [0.3, 0.4) is 0 Å². The number of rotatable bonds is 5. The lowest BCUT2D eigenvalue weighted by molar-refractivity contribution is -0.0991. The number of hydrogen-bond donors (Lipinski definition) is 1. The highest BCUT2D eigenvalue weighted by atomic mass is 16.5. The van der Waals surface area contributed by atoms with E-state index in [0.29, 0.717) is 12.0 Å². The Hall–Kier alpha value is -0.800. The van der Waals surface area contributed by atoms with Gasteiger partial charge in [0.25, 0.3) is 0 Å². The highest BCUT2D eigenvalue weighted by Gasteiger charge is 2.42. The molecule has 0 aromatic carbocycles. The number of furan rings is 1. The Labute approximate surface area is 122 Å². The van der Waals surface area contributed by atoms with Crippen molar-refractivity contribution in [3.63, 3.8) is 0 Å². The van der Waals surface area contributed by atoms with Crippen LogP contribution in [0.2, 0.25) is 0 Å². The lowest BCUT2D eigenvalue weighted by Gasteiger charge is -2.41.